The third kappa shape index (κ3) is 4.13. The third-order valence-corrected chi connectivity index (χ3v) is 3.95. The van der Waals surface area contributed by atoms with Crippen LogP contribution in [-0.4, -0.2) is 19.6 Å². The highest BCUT2D eigenvalue weighted by Crippen LogP contribution is 2.28. The van der Waals surface area contributed by atoms with Crippen molar-refractivity contribution in [2.75, 3.05) is 19.0 Å². The Labute approximate surface area is 144 Å². The predicted molar refractivity (Wildman–Crippen MR) is 95.9 cm³/mol. The summed E-state index contributed by atoms with van der Waals surface area (Å²) >= 11 is 2.19. The van der Waals surface area contributed by atoms with Gasteiger partial charge in [-0.2, -0.15) is 0 Å². The zero-order valence-corrected chi connectivity index (χ0v) is 14.7. The van der Waals surface area contributed by atoms with Crippen LogP contribution >= 0.6 is 22.6 Å². The standard InChI is InChI=1S/C17H18INO3/c1-3-10-22-15-9-8-12(11-16(15)21-2)17(20)19-14-7-5-4-6-13(14)18/h4-9,11H,3,10H2,1-2H3,(H,19,20). The lowest BCUT2D eigenvalue weighted by atomic mass is 10.2. The summed E-state index contributed by atoms with van der Waals surface area (Å²) in [6.45, 7) is 2.65. The minimum atomic E-state index is -0.176. The summed E-state index contributed by atoms with van der Waals surface area (Å²) in [6.07, 6.45) is 0.915. The summed E-state index contributed by atoms with van der Waals surface area (Å²) in [5, 5.41) is 2.90. The van der Waals surface area contributed by atoms with E-state index in [1.807, 2.05) is 31.2 Å². The smallest absolute Gasteiger partial charge is 0.255 e. The Kier molecular flexibility index (Phi) is 6.06. The molecule has 0 fully saturated rings. The molecule has 116 valence electrons. The molecular formula is C17H18INO3. The number of carbonyl (C=O) groups is 1. The summed E-state index contributed by atoms with van der Waals surface area (Å²) in [5.74, 6) is 1.03. The highest BCUT2D eigenvalue weighted by Gasteiger charge is 2.12. The average Bonchev–Trinajstić information content (AvgIpc) is 2.54. The van der Waals surface area contributed by atoms with Crippen molar-refractivity contribution in [1.82, 2.24) is 0 Å². The van der Waals surface area contributed by atoms with Crippen LogP contribution in [0.1, 0.15) is 23.7 Å². The molecule has 1 N–H and O–H groups in total. The highest BCUT2D eigenvalue weighted by molar-refractivity contribution is 14.1. The molecule has 4 nitrogen and oxygen atoms in total. The first-order chi connectivity index (χ1) is 10.7. The minimum absolute atomic E-state index is 0.176. The van der Waals surface area contributed by atoms with Crippen LogP contribution in [0.2, 0.25) is 0 Å². The molecule has 22 heavy (non-hydrogen) atoms. The Morgan fingerprint density at radius 3 is 2.64 bits per heavy atom. The van der Waals surface area contributed by atoms with E-state index >= 15 is 0 Å². The first-order valence-electron chi connectivity index (χ1n) is 7.02. The number of para-hydroxylation sites is 1. The van der Waals surface area contributed by atoms with Gasteiger partial charge < -0.3 is 14.8 Å². The molecule has 0 aliphatic heterocycles. The topological polar surface area (TPSA) is 47.6 Å². The van der Waals surface area contributed by atoms with Crippen molar-refractivity contribution in [2.45, 2.75) is 13.3 Å². The van der Waals surface area contributed by atoms with Crippen LogP contribution in [0.4, 0.5) is 5.69 Å². The Balaban J connectivity index is 2.18. The molecule has 1 amide bonds. The number of anilines is 1. The number of hydrogen-bond acceptors (Lipinski definition) is 3. The Morgan fingerprint density at radius 1 is 1.18 bits per heavy atom. The molecule has 0 spiro atoms. The van der Waals surface area contributed by atoms with E-state index in [4.69, 9.17) is 9.47 Å². The van der Waals surface area contributed by atoms with Crippen LogP contribution in [0, 0.1) is 3.57 Å². The molecule has 0 bridgehead atoms. The molecule has 5 heteroatoms. The van der Waals surface area contributed by atoms with E-state index in [0.717, 1.165) is 15.7 Å². The van der Waals surface area contributed by atoms with Crippen molar-refractivity contribution in [3.63, 3.8) is 0 Å². The maximum absolute atomic E-state index is 12.3. The number of carbonyl (C=O) groups excluding carboxylic acids is 1. The van der Waals surface area contributed by atoms with Crippen LogP contribution < -0.4 is 14.8 Å². The van der Waals surface area contributed by atoms with Gasteiger partial charge >= 0.3 is 0 Å². The van der Waals surface area contributed by atoms with Gasteiger partial charge in [0.15, 0.2) is 11.5 Å². The number of hydrogen-bond donors (Lipinski definition) is 1. The average molecular weight is 411 g/mol. The lowest BCUT2D eigenvalue weighted by molar-refractivity contribution is 0.102. The predicted octanol–water partition coefficient (Wildman–Crippen LogP) is 4.34. The summed E-state index contributed by atoms with van der Waals surface area (Å²) in [7, 11) is 1.57. The van der Waals surface area contributed by atoms with Crippen molar-refractivity contribution in [1.29, 1.82) is 0 Å². The van der Waals surface area contributed by atoms with Crippen molar-refractivity contribution >= 4 is 34.2 Å². The molecule has 2 aromatic rings. The monoisotopic (exact) mass is 411 g/mol. The molecule has 2 aromatic carbocycles. The van der Waals surface area contributed by atoms with E-state index < -0.39 is 0 Å². The number of methoxy groups -OCH3 is 1. The van der Waals surface area contributed by atoms with E-state index in [0.29, 0.717) is 23.7 Å². The quantitative estimate of drug-likeness (QED) is 0.720. The summed E-state index contributed by atoms with van der Waals surface area (Å²) in [6, 6.07) is 12.8. The first kappa shape index (κ1) is 16.6. The van der Waals surface area contributed by atoms with Crippen LogP contribution in [0.3, 0.4) is 0 Å². The van der Waals surface area contributed by atoms with E-state index in [1.165, 1.54) is 0 Å². The Bertz CT molecular complexity index is 658. The molecule has 0 aliphatic carbocycles. The number of ether oxygens (including phenoxy) is 2. The normalized spacial score (nSPS) is 10.1. The van der Waals surface area contributed by atoms with Gasteiger partial charge in [-0.15, -0.1) is 0 Å². The van der Waals surface area contributed by atoms with Gasteiger partial charge in [0.25, 0.3) is 5.91 Å². The zero-order valence-electron chi connectivity index (χ0n) is 12.6. The Hall–Kier alpha value is -1.76. The number of halogens is 1. The molecular weight excluding hydrogens is 393 g/mol. The van der Waals surface area contributed by atoms with Crippen molar-refractivity contribution in [2.24, 2.45) is 0 Å². The number of amides is 1. The maximum Gasteiger partial charge on any atom is 0.255 e. The summed E-state index contributed by atoms with van der Waals surface area (Å²) in [4.78, 5) is 12.3. The number of nitrogens with one attached hydrogen (secondary N) is 1. The number of benzene rings is 2. The minimum Gasteiger partial charge on any atom is -0.493 e. The van der Waals surface area contributed by atoms with Gasteiger partial charge in [-0.05, 0) is 59.3 Å². The fraction of sp³-hybridized carbons (Fsp3) is 0.235. The van der Waals surface area contributed by atoms with Crippen LogP contribution in [-0.2, 0) is 0 Å². The van der Waals surface area contributed by atoms with Crippen LogP contribution in [0.5, 0.6) is 11.5 Å². The lowest BCUT2D eigenvalue weighted by Gasteiger charge is -2.12. The Morgan fingerprint density at radius 2 is 1.95 bits per heavy atom. The third-order valence-electron chi connectivity index (χ3n) is 3.01. The van der Waals surface area contributed by atoms with Gasteiger partial charge in [-0.3, -0.25) is 4.79 Å². The van der Waals surface area contributed by atoms with Gasteiger partial charge in [0.05, 0.1) is 19.4 Å². The van der Waals surface area contributed by atoms with E-state index in [9.17, 15) is 4.79 Å². The molecule has 0 radical (unpaired) electrons. The second kappa shape index (κ2) is 8.03. The molecule has 2 rings (SSSR count). The first-order valence-corrected chi connectivity index (χ1v) is 8.10. The van der Waals surface area contributed by atoms with Crippen molar-refractivity contribution < 1.29 is 14.3 Å². The van der Waals surface area contributed by atoms with E-state index in [-0.39, 0.29) is 5.91 Å². The van der Waals surface area contributed by atoms with Gasteiger partial charge in [0.1, 0.15) is 0 Å². The molecule has 0 atom stereocenters. The molecule has 0 heterocycles. The van der Waals surface area contributed by atoms with E-state index in [2.05, 4.69) is 27.9 Å². The van der Waals surface area contributed by atoms with E-state index in [1.54, 1.807) is 25.3 Å². The number of rotatable bonds is 6. The molecule has 0 saturated carbocycles. The second-order valence-electron chi connectivity index (χ2n) is 4.65. The van der Waals surface area contributed by atoms with Crippen LogP contribution in [0.25, 0.3) is 0 Å². The molecule has 0 unspecified atom stereocenters. The van der Waals surface area contributed by atoms with Gasteiger partial charge in [-0.25, -0.2) is 0 Å². The lowest BCUT2D eigenvalue weighted by Crippen LogP contribution is -2.13. The van der Waals surface area contributed by atoms with Crippen molar-refractivity contribution in [3.05, 3.63) is 51.6 Å². The SMILES string of the molecule is CCCOc1ccc(C(=O)Nc2ccccc2I)cc1OC. The largest absolute Gasteiger partial charge is 0.493 e. The molecule has 0 aromatic heterocycles. The molecule has 0 aliphatic rings. The van der Waals surface area contributed by atoms with Crippen molar-refractivity contribution in [3.8, 4) is 11.5 Å². The van der Waals surface area contributed by atoms with Crippen LogP contribution in [0.15, 0.2) is 42.5 Å². The zero-order chi connectivity index (χ0) is 15.9. The fourth-order valence-corrected chi connectivity index (χ4v) is 2.42. The van der Waals surface area contributed by atoms with Gasteiger partial charge in [0.2, 0.25) is 0 Å². The fourth-order valence-electron chi connectivity index (χ4n) is 1.90. The second-order valence-corrected chi connectivity index (χ2v) is 5.81. The maximum atomic E-state index is 12.3. The summed E-state index contributed by atoms with van der Waals surface area (Å²) < 4.78 is 11.9. The molecule has 0 saturated heterocycles. The highest BCUT2D eigenvalue weighted by atomic mass is 127. The summed E-state index contributed by atoms with van der Waals surface area (Å²) in [5.41, 5.74) is 1.32. The van der Waals surface area contributed by atoms with Gasteiger partial charge in [0, 0.05) is 9.13 Å². The van der Waals surface area contributed by atoms with Gasteiger partial charge in [-0.1, -0.05) is 19.1 Å².